The number of hydrogen-bond donors (Lipinski definition) is 1. The van der Waals surface area contributed by atoms with Gasteiger partial charge in [-0.15, -0.1) is 0 Å². The van der Waals surface area contributed by atoms with E-state index in [-0.39, 0.29) is 0 Å². The molecule has 0 amide bonds. The number of benzene rings is 2. The molecule has 0 radical (unpaired) electrons. The van der Waals surface area contributed by atoms with Gasteiger partial charge in [0, 0.05) is 23.6 Å². The molecule has 0 saturated carbocycles. The molecule has 1 N–H and O–H groups in total. The number of imidazole rings is 1. The molecule has 0 unspecified atom stereocenters. The third-order valence-corrected chi connectivity index (χ3v) is 4.18. The number of aromatic nitrogens is 3. The predicted molar refractivity (Wildman–Crippen MR) is 97.6 cm³/mol. The van der Waals surface area contributed by atoms with Gasteiger partial charge in [0.05, 0.1) is 0 Å². The molecule has 4 heteroatoms. The maximum Gasteiger partial charge on any atom is 0.235 e. The second kappa shape index (κ2) is 5.81. The summed E-state index contributed by atoms with van der Waals surface area (Å²) in [4.78, 5) is 9.11. The van der Waals surface area contributed by atoms with E-state index in [1.807, 2.05) is 34.9 Å². The maximum atomic E-state index is 4.73. The van der Waals surface area contributed by atoms with Crippen molar-refractivity contribution < 1.29 is 0 Å². The number of anilines is 2. The van der Waals surface area contributed by atoms with Gasteiger partial charge in [-0.3, -0.25) is 4.40 Å². The van der Waals surface area contributed by atoms with Gasteiger partial charge in [0.15, 0.2) is 0 Å². The highest BCUT2D eigenvalue weighted by atomic mass is 15.2. The summed E-state index contributed by atoms with van der Waals surface area (Å²) >= 11 is 0. The van der Waals surface area contributed by atoms with E-state index in [0.29, 0.717) is 5.78 Å². The van der Waals surface area contributed by atoms with Crippen molar-refractivity contribution >= 4 is 17.3 Å². The molecule has 4 nitrogen and oxygen atoms in total. The number of nitrogens with one attached hydrogen (secondary N) is 1. The molecule has 4 rings (SSSR count). The van der Waals surface area contributed by atoms with Crippen LogP contribution in [0.2, 0.25) is 0 Å². The standard InChI is InChI=1S/C20H18N4/c1-14-8-6-9-15(2)17(14)22-19-18(16-10-4-3-5-11-16)23-20-21-12-7-13-24(19)20/h3-13,22H,1-2H3. The zero-order valence-electron chi connectivity index (χ0n) is 13.7. The molecule has 0 saturated heterocycles. The summed E-state index contributed by atoms with van der Waals surface area (Å²) in [5.74, 6) is 1.62. The third kappa shape index (κ3) is 2.42. The van der Waals surface area contributed by atoms with Gasteiger partial charge >= 0.3 is 0 Å². The van der Waals surface area contributed by atoms with Gasteiger partial charge < -0.3 is 5.32 Å². The fourth-order valence-electron chi connectivity index (χ4n) is 2.93. The van der Waals surface area contributed by atoms with Crippen molar-refractivity contribution in [1.82, 2.24) is 14.4 Å². The highest BCUT2D eigenvalue weighted by Gasteiger charge is 2.16. The summed E-state index contributed by atoms with van der Waals surface area (Å²) in [6.07, 6.45) is 3.75. The lowest BCUT2D eigenvalue weighted by Gasteiger charge is -2.13. The van der Waals surface area contributed by atoms with Crippen molar-refractivity contribution in [3.63, 3.8) is 0 Å². The van der Waals surface area contributed by atoms with Crippen molar-refractivity contribution in [2.24, 2.45) is 0 Å². The minimum atomic E-state index is 0.685. The van der Waals surface area contributed by atoms with Crippen molar-refractivity contribution in [1.29, 1.82) is 0 Å². The molecule has 0 aliphatic rings. The van der Waals surface area contributed by atoms with Crippen LogP contribution in [0.4, 0.5) is 11.5 Å². The molecule has 0 aliphatic heterocycles. The smallest absolute Gasteiger partial charge is 0.235 e. The highest BCUT2D eigenvalue weighted by Crippen LogP contribution is 2.32. The van der Waals surface area contributed by atoms with Gasteiger partial charge in [0.2, 0.25) is 5.78 Å². The van der Waals surface area contributed by atoms with Crippen LogP contribution in [0.15, 0.2) is 67.0 Å². The van der Waals surface area contributed by atoms with E-state index in [1.54, 1.807) is 6.20 Å². The normalized spacial score (nSPS) is 10.9. The Morgan fingerprint density at radius 1 is 0.875 bits per heavy atom. The SMILES string of the molecule is Cc1cccc(C)c1Nc1c(-c2ccccc2)nc2ncccn12. The first-order chi connectivity index (χ1) is 11.7. The number of nitrogens with zero attached hydrogens (tertiary/aromatic N) is 3. The zero-order chi connectivity index (χ0) is 16.5. The fraction of sp³-hybridized carbons (Fsp3) is 0.100. The van der Waals surface area contributed by atoms with E-state index >= 15 is 0 Å². The Bertz CT molecular complexity index is 983. The fourth-order valence-corrected chi connectivity index (χ4v) is 2.93. The van der Waals surface area contributed by atoms with Crippen LogP contribution in [0.25, 0.3) is 17.0 Å². The Balaban J connectivity index is 1.93. The lowest BCUT2D eigenvalue weighted by molar-refractivity contribution is 1.11. The number of para-hydroxylation sites is 1. The number of rotatable bonds is 3. The van der Waals surface area contributed by atoms with Crippen molar-refractivity contribution in [3.8, 4) is 11.3 Å². The Morgan fingerprint density at radius 2 is 1.62 bits per heavy atom. The second-order valence-corrected chi connectivity index (χ2v) is 5.86. The van der Waals surface area contributed by atoms with E-state index in [2.05, 4.69) is 54.5 Å². The molecule has 4 aromatic rings. The minimum Gasteiger partial charge on any atom is -0.339 e. The molecule has 0 fully saturated rings. The average molecular weight is 314 g/mol. The maximum absolute atomic E-state index is 4.73. The zero-order valence-corrected chi connectivity index (χ0v) is 13.7. The van der Waals surface area contributed by atoms with Crippen LogP contribution in [0.5, 0.6) is 0 Å². The van der Waals surface area contributed by atoms with Gasteiger partial charge in [-0.2, -0.15) is 0 Å². The Hall–Kier alpha value is -3.14. The Labute approximate surface area is 140 Å². The quantitative estimate of drug-likeness (QED) is 0.593. The Morgan fingerprint density at radius 3 is 2.38 bits per heavy atom. The molecule has 2 heterocycles. The highest BCUT2D eigenvalue weighted by molar-refractivity contribution is 5.80. The summed E-state index contributed by atoms with van der Waals surface area (Å²) in [7, 11) is 0. The number of fused-ring (bicyclic) bond motifs is 1. The lowest BCUT2D eigenvalue weighted by atomic mass is 10.1. The third-order valence-electron chi connectivity index (χ3n) is 4.18. The lowest BCUT2D eigenvalue weighted by Crippen LogP contribution is -2.00. The second-order valence-electron chi connectivity index (χ2n) is 5.86. The molecular weight excluding hydrogens is 296 g/mol. The summed E-state index contributed by atoms with van der Waals surface area (Å²) in [6, 6.07) is 18.4. The van der Waals surface area contributed by atoms with Crippen LogP contribution in [-0.4, -0.2) is 14.4 Å². The van der Waals surface area contributed by atoms with Gasteiger partial charge in [0.1, 0.15) is 11.5 Å². The van der Waals surface area contributed by atoms with E-state index in [4.69, 9.17) is 4.98 Å². The molecule has 0 atom stereocenters. The van der Waals surface area contributed by atoms with Gasteiger partial charge in [-0.1, -0.05) is 48.5 Å². The molecule has 0 spiro atoms. The van der Waals surface area contributed by atoms with Crippen molar-refractivity contribution in [3.05, 3.63) is 78.1 Å². The summed E-state index contributed by atoms with van der Waals surface area (Å²) < 4.78 is 1.99. The minimum absolute atomic E-state index is 0.685. The van der Waals surface area contributed by atoms with E-state index in [1.165, 1.54) is 11.1 Å². The van der Waals surface area contributed by atoms with E-state index in [0.717, 1.165) is 22.8 Å². The van der Waals surface area contributed by atoms with Gasteiger partial charge in [-0.05, 0) is 31.0 Å². The van der Waals surface area contributed by atoms with Crippen molar-refractivity contribution in [2.75, 3.05) is 5.32 Å². The first kappa shape index (κ1) is 14.5. The van der Waals surface area contributed by atoms with E-state index in [9.17, 15) is 0 Å². The first-order valence-corrected chi connectivity index (χ1v) is 7.96. The molecular formula is C20H18N4. The molecule has 24 heavy (non-hydrogen) atoms. The molecule has 0 bridgehead atoms. The predicted octanol–water partition coefficient (Wildman–Crippen LogP) is 4.76. The largest absolute Gasteiger partial charge is 0.339 e. The van der Waals surface area contributed by atoms with Crippen LogP contribution in [-0.2, 0) is 0 Å². The number of hydrogen-bond acceptors (Lipinski definition) is 3. The van der Waals surface area contributed by atoms with Crippen LogP contribution < -0.4 is 5.32 Å². The van der Waals surface area contributed by atoms with Crippen molar-refractivity contribution in [2.45, 2.75) is 13.8 Å². The molecule has 2 aromatic heterocycles. The van der Waals surface area contributed by atoms with Crippen LogP contribution >= 0.6 is 0 Å². The summed E-state index contributed by atoms with van der Waals surface area (Å²) in [5, 5.41) is 3.59. The first-order valence-electron chi connectivity index (χ1n) is 7.96. The van der Waals surface area contributed by atoms with Gasteiger partial charge in [-0.25, -0.2) is 9.97 Å². The summed E-state index contributed by atoms with van der Waals surface area (Å²) in [6.45, 7) is 4.22. The topological polar surface area (TPSA) is 42.2 Å². The molecule has 2 aromatic carbocycles. The van der Waals surface area contributed by atoms with Crippen LogP contribution in [0.3, 0.4) is 0 Å². The number of aryl methyl sites for hydroxylation is 2. The monoisotopic (exact) mass is 314 g/mol. The van der Waals surface area contributed by atoms with Crippen LogP contribution in [0.1, 0.15) is 11.1 Å². The van der Waals surface area contributed by atoms with Crippen LogP contribution in [0, 0.1) is 13.8 Å². The average Bonchev–Trinajstić information content (AvgIpc) is 2.98. The van der Waals surface area contributed by atoms with E-state index < -0.39 is 0 Å². The Kier molecular flexibility index (Phi) is 3.50. The summed E-state index contributed by atoms with van der Waals surface area (Å²) in [5.41, 5.74) is 5.48. The van der Waals surface area contributed by atoms with Gasteiger partial charge in [0.25, 0.3) is 0 Å². The molecule has 118 valence electrons. The molecule has 0 aliphatic carbocycles.